The molecular formula is C18H23N3O4S. The van der Waals surface area contributed by atoms with Crippen LogP contribution in [0.2, 0.25) is 0 Å². The Bertz CT molecular complexity index is 917. The lowest BCUT2D eigenvalue weighted by molar-refractivity contribution is -0.147. The number of carboxylic acid groups (broad SMARTS) is 1. The Labute approximate surface area is 155 Å². The third kappa shape index (κ3) is 3.51. The first-order valence-corrected chi connectivity index (χ1v) is 9.60. The van der Waals surface area contributed by atoms with Crippen LogP contribution in [-0.4, -0.2) is 44.4 Å². The van der Waals surface area contributed by atoms with E-state index in [9.17, 15) is 19.5 Å². The molecule has 0 spiro atoms. The van der Waals surface area contributed by atoms with E-state index in [-0.39, 0.29) is 30.5 Å². The number of aliphatic carboxylic acids is 1. The van der Waals surface area contributed by atoms with Gasteiger partial charge in [-0.05, 0) is 39.2 Å². The summed E-state index contributed by atoms with van der Waals surface area (Å²) in [5.41, 5.74) is 0.778. The van der Waals surface area contributed by atoms with E-state index in [0.717, 1.165) is 10.4 Å². The number of carboxylic acids is 1. The van der Waals surface area contributed by atoms with Gasteiger partial charge in [0.1, 0.15) is 10.7 Å². The molecule has 2 atom stereocenters. The number of rotatable bonds is 4. The Hall–Kier alpha value is -2.22. The summed E-state index contributed by atoms with van der Waals surface area (Å²) in [5, 5.41) is 9.82. The number of carbonyl (C=O) groups excluding carboxylic acids is 1. The number of fused-ring (bicyclic) bond motifs is 1. The summed E-state index contributed by atoms with van der Waals surface area (Å²) in [4.78, 5) is 46.8. The minimum absolute atomic E-state index is 0.0372. The Morgan fingerprint density at radius 2 is 2.08 bits per heavy atom. The molecular weight excluding hydrogens is 354 g/mol. The Morgan fingerprint density at radius 1 is 1.35 bits per heavy atom. The number of nitrogens with zero attached hydrogens (tertiary/aromatic N) is 2. The van der Waals surface area contributed by atoms with E-state index < -0.39 is 11.9 Å². The topological polar surface area (TPSA) is 103 Å². The standard InChI is InChI=1S/C18H23N3O4S/c1-9-4-5-12(18(24)25)8-21(9)14(22)7-6-13-19-16(23)15-10(2)11(3)26-17(15)20-13/h9,12H,4-8H2,1-3H3,(H,24,25)(H,19,20,23). The number of likely N-dealkylation sites (tertiary alicyclic amines) is 1. The fourth-order valence-electron chi connectivity index (χ4n) is 3.44. The molecule has 26 heavy (non-hydrogen) atoms. The molecule has 1 fully saturated rings. The molecule has 7 nitrogen and oxygen atoms in total. The average Bonchev–Trinajstić information content (AvgIpc) is 2.87. The fourth-order valence-corrected chi connectivity index (χ4v) is 4.49. The van der Waals surface area contributed by atoms with Crippen LogP contribution >= 0.6 is 11.3 Å². The van der Waals surface area contributed by atoms with Crippen LogP contribution in [0.25, 0.3) is 10.2 Å². The van der Waals surface area contributed by atoms with Crippen LogP contribution in [0.15, 0.2) is 4.79 Å². The van der Waals surface area contributed by atoms with Gasteiger partial charge in [-0.1, -0.05) is 0 Å². The maximum Gasteiger partial charge on any atom is 0.308 e. The van der Waals surface area contributed by atoms with Gasteiger partial charge in [-0.15, -0.1) is 11.3 Å². The minimum Gasteiger partial charge on any atom is -0.481 e. The summed E-state index contributed by atoms with van der Waals surface area (Å²) in [6, 6.07) is 0.0372. The predicted octanol–water partition coefficient (Wildman–Crippen LogP) is 2.25. The zero-order valence-electron chi connectivity index (χ0n) is 15.2. The summed E-state index contributed by atoms with van der Waals surface area (Å²) in [5.74, 6) is -0.947. The molecule has 0 bridgehead atoms. The number of aromatic amines is 1. The van der Waals surface area contributed by atoms with Gasteiger partial charge in [0.15, 0.2) is 0 Å². The van der Waals surface area contributed by atoms with Crippen molar-refractivity contribution in [3.63, 3.8) is 0 Å². The Morgan fingerprint density at radius 3 is 2.77 bits per heavy atom. The SMILES string of the molecule is Cc1sc2nc(CCC(=O)N3CC(C(=O)O)CCC3C)[nH]c(=O)c2c1C. The molecule has 2 unspecified atom stereocenters. The lowest BCUT2D eigenvalue weighted by Crippen LogP contribution is -2.47. The first-order valence-electron chi connectivity index (χ1n) is 8.79. The zero-order valence-corrected chi connectivity index (χ0v) is 16.0. The van der Waals surface area contributed by atoms with Crippen molar-refractivity contribution >= 4 is 33.4 Å². The minimum atomic E-state index is -0.852. The Balaban J connectivity index is 1.72. The lowest BCUT2D eigenvalue weighted by Gasteiger charge is -2.36. The van der Waals surface area contributed by atoms with Gasteiger partial charge >= 0.3 is 5.97 Å². The number of nitrogens with one attached hydrogen (secondary N) is 1. The van der Waals surface area contributed by atoms with Crippen molar-refractivity contribution in [2.75, 3.05) is 6.54 Å². The summed E-state index contributed by atoms with van der Waals surface area (Å²) in [7, 11) is 0. The first kappa shape index (κ1) is 18.6. The van der Waals surface area contributed by atoms with Gasteiger partial charge in [0, 0.05) is 30.3 Å². The molecule has 2 aromatic rings. The highest BCUT2D eigenvalue weighted by molar-refractivity contribution is 7.18. The molecule has 2 N–H and O–H groups in total. The number of amides is 1. The van der Waals surface area contributed by atoms with Crippen LogP contribution in [-0.2, 0) is 16.0 Å². The maximum atomic E-state index is 12.6. The lowest BCUT2D eigenvalue weighted by atomic mass is 9.93. The quantitative estimate of drug-likeness (QED) is 0.850. The number of carbonyl (C=O) groups is 2. The van der Waals surface area contributed by atoms with Gasteiger partial charge in [0.05, 0.1) is 11.3 Å². The highest BCUT2D eigenvalue weighted by atomic mass is 32.1. The molecule has 0 aromatic carbocycles. The van der Waals surface area contributed by atoms with Crippen LogP contribution < -0.4 is 5.56 Å². The number of piperidine rings is 1. The summed E-state index contributed by atoms with van der Waals surface area (Å²) >= 11 is 1.48. The van der Waals surface area contributed by atoms with Gasteiger partial charge in [0.25, 0.3) is 5.56 Å². The second-order valence-electron chi connectivity index (χ2n) is 6.98. The molecule has 1 aliphatic heterocycles. The number of H-pyrrole nitrogens is 1. The summed E-state index contributed by atoms with van der Waals surface area (Å²) in [6.07, 6.45) is 1.83. The molecule has 1 saturated heterocycles. The number of aryl methyl sites for hydroxylation is 3. The molecule has 1 amide bonds. The van der Waals surface area contributed by atoms with Gasteiger partial charge in [-0.3, -0.25) is 14.4 Å². The second kappa shape index (κ2) is 7.19. The van der Waals surface area contributed by atoms with Gasteiger partial charge < -0.3 is 15.0 Å². The molecule has 140 valence electrons. The molecule has 1 aliphatic rings. The van der Waals surface area contributed by atoms with Gasteiger partial charge in [-0.25, -0.2) is 4.98 Å². The second-order valence-corrected chi connectivity index (χ2v) is 8.19. The van der Waals surface area contributed by atoms with Crippen LogP contribution in [0.5, 0.6) is 0 Å². The number of hydrogen-bond donors (Lipinski definition) is 2. The molecule has 2 aromatic heterocycles. The fraction of sp³-hybridized carbons (Fsp3) is 0.556. The van der Waals surface area contributed by atoms with Crippen molar-refractivity contribution < 1.29 is 14.7 Å². The Kier molecular flexibility index (Phi) is 5.13. The monoisotopic (exact) mass is 377 g/mol. The van der Waals surface area contributed by atoms with E-state index >= 15 is 0 Å². The van der Waals surface area contributed by atoms with E-state index in [1.807, 2.05) is 20.8 Å². The summed E-state index contributed by atoms with van der Waals surface area (Å²) < 4.78 is 0. The van der Waals surface area contributed by atoms with E-state index in [0.29, 0.717) is 35.3 Å². The average molecular weight is 377 g/mol. The van der Waals surface area contributed by atoms with Crippen LogP contribution in [0.1, 0.15) is 42.5 Å². The summed E-state index contributed by atoms with van der Waals surface area (Å²) in [6.45, 7) is 6.06. The van der Waals surface area contributed by atoms with E-state index in [1.165, 1.54) is 11.3 Å². The van der Waals surface area contributed by atoms with Crippen molar-refractivity contribution in [3.05, 3.63) is 26.6 Å². The van der Waals surface area contributed by atoms with Crippen molar-refractivity contribution in [1.82, 2.24) is 14.9 Å². The van der Waals surface area contributed by atoms with Gasteiger partial charge in [-0.2, -0.15) is 0 Å². The van der Waals surface area contributed by atoms with Gasteiger partial charge in [0.2, 0.25) is 5.91 Å². The van der Waals surface area contributed by atoms with Crippen molar-refractivity contribution in [2.45, 2.75) is 52.5 Å². The number of aromatic nitrogens is 2. The maximum absolute atomic E-state index is 12.6. The highest BCUT2D eigenvalue weighted by Crippen LogP contribution is 2.26. The molecule has 0 radical (unpaired) electrons. The predicted molar refractivity (Wildman–Crippen MR) is 99.6 cm³/mol. The van der Waals surface area contributed by atoms with Crippen molar-refractivity contribution in [2.24, 2.45) is 5.92 Å². The largest absolute Gasteiger partial charge is 0.481 e. The molecule has 8 heteroatoms. The third-order valence-electron chi connectivity index (χ3n) is 5.22. The highest BCUT2D eigenvalue weighted by Gasteiger charge is 2.32. The van der Waals surface area contributed by atoms with E-state index in [2.05, 4.69) is 9.97 Å². The number of thiophene rings is 1. The smallest absolute Gasteiger partial charge is 0.308 e. The third-order valence-corrected chi connectivity index (χ3v) is 6.32. The molecule has 3 rings (SSSR count). The van der Waals surface area contributed by atoms with Crippen LogP contribution in [0, 0.1) is 19.8 Å². The van der Waals surface area contributed by atoms with Crippen molar-refractivity contribution in [3.8, 4) is 0 Å². The zero-order chi connectivity index (χ0) is 19.0. The first-order chi connectivity index (χ1) is 12.3. The van der Waals surface area contributed by atoms with E-state index in [1.54, 1.807) is 4.90 Å². The van der Waals surface area contributed by atoms with Crippen LogP contribution in [0.4, 0.5) is 0 Å². The van der Waals surface area contributed by atoms with Crippen molar-refractivity contribution in [1.29, 1.82) is 0 Å². The molecule has 0 saturated carbocycles. The van der Waals surface area contributed by atoms with Crippen LogP contribution in [0.3, 0.4) is 0 Å². The number of hydrogen-bond acceptors (Lipinski definition) is 5. The normalized spacial score (nSPS) is 20.5. The molecule has 3 heterocycles. The molecule has 0 aliphatic carbocycles. The van der Waals surface area contributed by atoms with E-state index in [4.69, 9.17) is 0 Å².